The molecule has 0 unspecified atom stereocenters. The van der Waals surface area contributed by atoms with Crippen LogP contribution in [-0.4, -0.2) is 4.57 Å². The van der Waals surface area contributed by atoms with Gasteiger partial charge < -0.3 is 4.57 Å². The minimum Gasteiger partial charge on any atom is -0.319 e. The summed E-state index contributed by atoms with van der Waals surface area (Å²) in [5.74, 6) is 0. The van der Waals surface area contributed by atoms with Crippen LogP contribution in [0, 0.1) is 0 Å². The number of nitrogens with one attached hydrogen (secondary N) is 1. The Labute approximate surface area is 69.7 Å². The molecule has 0 fully saturated rings. The van der Waals surface area contributed by atoms with Crippen molar-refractivity contribution >= 4 is 11.8 Å². The van der Waals surface area contributed by atoms with Gasteiger partial charge in [-0.3, -0.25) is 4.79 Å². The molecule has 0 aromatic carbocycles. The first kappa shape index (κ1) is 8.30. The quantitative estimate of drug-likeness (QED) is 0.664. The molecule has 0 aliphatic carbocycles. The Bertz CT molecular complexity index is 295. The van der Waals surface area contributed by atoms with Gasteiger partial charge in [-0.15, -0.1) is 0 Å². The Balaban J connectivity index is 2.96. The Hall–Kier alpha value is -0.800. The third-order valence-corrected chi connectivity index (χ3v) is 1.57. The number of halogens is 1. The highest BCUT2D eigenvalue weighted by atomic mass is 35.5. The average Bonchev–Trinajstić information content (AvgIpc) is 1.98. The first-order valence-corrected chi connectivity index (χ1v) is 3.61. The van der Waals surface area contributed by atoms with Crippen LogP contribution in [0.5, 0.6) is 0 Å². The van der Waals surface area contributed by atoms with E-state index in [-0.39, 0.29) is 5.56 Å². The molecule has 0 spiro atoms. The minimum atomic E-state index is -0.0191. The van der Waals surface area contributed by atoms with Crippen LogP contribution in [-0.2, 0) is 13.6 Å². The van der Waals surface area contributed by atoms with E-state index in [4.69, 9.17) is 11.8 Å². The number of hydrogen-bond acceptors (Lipinski definition) is 2. The zero-order chi connectivity index (χ0) is 8.27. The molecule has 0 saturated heterocycles. The van der Waals surface area contributed by atoms with E-state index in [1.54, 1.807) is 19.3 Å². The second-order valence-electron chi connectivity index (χ2n) is 2.29. The molecule has 0 radical (unpaired) electrons. The maximum Gasteiger partial charge on any atom is 0.250 e. The van der Waals surface area contributed by atoms with Crippen LogP contribution in [0.4, 0.5) is 0 Å². The monoisotopic (exact) mass is 172 g/mol. The summed E-state index contributed by atoms with van der Waals surface area (Å²) in [5.41, 5.74) is 0.873. The fourth-order valence-electron chi connectivity index (χ4n) is 0.777. The molecule has 0 bridgehead atoms. The lowest BCUT2D eigenvalue weighted by Gasteiger charge is -1.99. The largest absolute Gasteiger partial charge is 0.319 e. The van der Waals surface area contributed by atoms with Crippen LogP contribution in [0.2, 0.25) is 0 Å². The summed E-state index contributed by atoms with van der Waals surface area (Å²) in [7, 11) is 1.71. The fourth-order valence-corrected chi connectivity index (χ4v) is 0.931. The van der Waals surface area contributed by atoms with Crippen LogP contribution in [0.1, 0.15) is 5.56 Å². The third-order valence-electron chi connectivity index (χ3n) is 1.44. The molecule has 1 heterocycles. The maximum absolute atomic E-state index is 11.0. The smallest absolute Gasteiger partial charge is 0.250 e. The molecule has 0 saturated carbocycles. The van der Waals surface area contributed by atoms with Gasteiger partial charge in [0.05, 0.1) is 0 Å². The van der Waals surface area contributed by atoms with Crippen LogP contribution in [0.25, 0.3) is 0 Å². The van der Waals surface area contributed by atoms with E-state index in [1.807, 2.05) is 6.07 Å². The van der Waals surface area contributed by atoms with Gasteiger partial charge in [0.15, 0.2) is 0 Å². The third kappa shape index (κ3) is 2.06. The van der Waals surface area contributed by atoms with E-state index in [2.05, 4.69) is 4.84 Å². The number of aromatic nitrogens is 1. The number of pyridine rings is 1. The highest BCUT2D eigenvalue weighted by Crippen LogP contribution is 1.92. The molecule has 0 aliphatic heterocycles. The minimum absolute atomic E-state index is 0.0191. The average molecular weight is 173 g/mol. The lowest BCUT2D eigenvalue weighted by Crippen LogP contribution is -2.16. The van der Waals surface area contributed by atoms with Crippen molar-refractivity contribution in [3.05, 3.63) is 34.2 Å². The first-order valence-electron chi connectivity index (χ1n) is 3.23. The molecule has 11 heavy (non-hydrogen) atoms. The second-order valence-corrected chi connectivity index (χ2v) is 2.56. The normalized spacial score (nSPS) is 10.0. The molecule has 1 rings (SSSR count). The van der Waals surface area contributed by atoms with Gasteiger partial charge in [0.1, 0.15) is 0 Å². The topological polar surface area (TPSA) is 34.0 Å². The molecule has 1 N–H and O–H groups in total. The van der Waals surface area contributed by atoms with Gasteiger partial charge in [0.2, 0.25) is 0 Å². The SMILES string of the molecule is Cn1ccc(CNCl)cc1=O. The summed E-state index contributed by atoms with van der Waals surface area (Å²) < 4.78 is 1.51. The van der Waals surface area contributed by atoms with Crippen molar-refractivity contribution < 1.29 is 0 Å². The summed E-state index contributed by atoms with van der Waals surface area (Å²) in [4.78, 5) is 13.5. The number of aryl methyl sites for hydroxylation is 1. The first-order chi connectivity index (χ1) is 5.24. The molecule has 1 aromatic rings. The van der Waals surface area contributed by atoms with Gasteiger partial charge in [-0.25, -0.2) is 4.84 Å². The van der Waals surface area contributed by atoms with Crippen molar-refractivity contribution in [3.63, 3.8) is 0 Å². The van der Waals surface area contributed by atoms with Crippen molar-refractivity contribution in [2.45, 2.75) is 6.54 Å². The van der Waals surface area contributed by atoms with Gasteiger partial charge in [-0.2, -0.15) is 0 Å². The predicted octanol–water partition coefficient (Wildman–Crippen LogP) is 0.629. The summed E-state index contributed by atoms with van der Waals surface area (Å²) in [6.07, 6.45) is 1.71. The Kier molecular flexibility index (Phi) is 2.68. The Morgan fingerprint density at radius 1 is 1.73 bits per heavy atom. The number of nitrogens with zero attached hydrogens (tertiary/aromatic N) is 1. The van der Waals surface area contributed by atoms with E-state index in [0.717, 1.165) is 5.56 Å². The number of hydrogen-bond donors (Lipinski definition) is 1. The van der Waals surface area contributed by atoms with E-state index >= 15 is 0 Å². The Morgan fingerprint density at radius 3 is 3.00 bits per heavy atom. The highest BCUT2D eigenvalue weighted by Gasteiger charge is 1.93. The number of rotatable bonds is 2. The van der Waals surface area contributed by atoms with Crippen molar-refractivity contribution in [2.75, 3.05) is 0 Å². The molecular weight excluding hydrogens is 164 g/mol. The lowest BCUT2D eigenvalue weighted by atomic mass is 10.3. The van der Waals surface area contributed by atoms with Gasteiger partial charge in [0.25, 0.3) is 5.56 Å². The summed E-state index contributed by atoms with van der Waals surface area (Å²) in [5, 5.41) is 0. The van der Waals surface area contributed by atoms with Gasteiger partial charge in [-0.1, -0.05) is 0 Å². The molecule has 3 nitrogen and oxygen atoms in total. The predicted molar refractivity (Wildman–Crippen MR) is 44.4 cm³/mol. The van der Waals surface area contributed by atoms with Gasteiger partial charge in [-0.05, 0) is 23.4 Å². The summed E-state index contributed by atoms with van der Waals surface area (Å²) in [6.45, 7) is 0.512. The highest BCUT2D eigenvalue weighted by molar-refractivity contribution is 6.13. The zero-order valence-electron chi connectivity index (χ0n) is 6.17. The molecule has 0 atom stereocenters. The standard InChI is InChI=1S/C7H9ClN2O/c1-10-3-2-6(5-9-8)4-7(10)11/h2-4,9H,5H2,1H3. The molecule has 4 heteroatoms. The van der Waals surface area contributed by atoms with Gasteiger partial charge in [0, 0.05) is 25.9 Å². The van der Waals surface area contributed by atoms with E-state index in [0.29, 0.717) is 6.54 Å². The van der Waals surface area contributed by atoms with E-state index in [1.165, 1.54) is 4.57 Å². The summed E-state index contributed by atoms with van der Waals surface area (Å²) in [6, 6.07) is 3.40. The molecule has 0 aliphatic rings. The van der Waals surface area contributed by atoms with Gasteiger partial charge >= 0.3 is 0 Å². The van der Waals surface area contributed by atoms with Crippen LogP contribution in [0.15, 0.2) is 23.1 Å². The van der Waals surface area contributed by atoms with Crippen LogP contribution in [0.3, 0.4) is 0 Å². The van der Waals surface area contributed by atoms with Crippen molar-refractivity contribution in [3.8, 4) is 0 Å². The van der Waals surface area contributed by atoms with Crippen molar-refractivity contribution in [2.24, 2.45) is 7.05 Å². The molecule has 60 valence electrons. The van der Waals surface area contributed by atoms with Crippen molar-refractivity contribution in [1.29, 1.82) is 0 Å². The van der Waals surface area contributed by atoms with E-state index < -0.39 is 0 Å². The van der Waals surface area contributed by atoms with Crippen LogP contribution >= 0.6 is 11.8 Å². The van der Waals surface area contributed by atoms with E-state index in [9.17, 15) is 4.79 Å². The lowest BCUT2D eigenvalue weighted by molar-refractivity contribution is 0.841. The zero-order valence-corrected chi connectivity index (χ0v) is 6.93. The molecule has 0 amide bonds. The van der Waals surface area contributed by atoms with Crippen molar-refractivity contribution in [1.82, 2.24) is 9.40 Å². The maximum atomic E-state index is 11.0. The molecule has 1 aromatic heterocycles. The second kappa shape index (κ2) is 3.55. The molecular formula is C7H9ClN2O. The Morgan fingerprint density at radius 2 is 2.45 bits per heavy atom. The van der Waals surface area contributed by atoms with Crippen LogP contribution < -0.4 is 10.4 Å². The summed E-state index contributed by atoms with van der Waals surface area (Å²) >= 11 is 5.27. The fraction of sp³-hybridized carbons (Fsp3) is 0.286.